The van der Waals surface area contributed by atoms with Gasteiger partial charge in [-0.15, -0.1) is 11.6 Å². The molecule has 0 atom stereocenters. The maximum atomic E-state index is 6.11. The number of benzene rings is 2. The zero-order chi connectivity index (χ0) is 12.3. The summed E-state index contributed by atoms with van der Waals surface area (Å²) in [5.41, 5.74) is 0.870. The molecule has 2 aromatic rings. The topological polar surface area (TPSA) is 9.23 Å². The summed E-state index contributed by atoms with van der Waals surface area (Å²) < 4.78 is 6.67. The number of ether oxygens (including phenoxy) is 1. The van der Waals surface area contributed by atoms with Gasteiger partial charge in [0.05, 0.1) is 15.4 Å². The van der Waals surface area contributed by atoms with Gasteiger partial charge in [0.1, 0.15) is 11.5 Å². The van der Waals surface area contributed by atoms with Gasteiger partial charge in [0.15, 0.2) is 0 Å². The standard InChI is InChI=1S/C13H9BrCl2O/c14-10-5-1-2-7-12(10)17-13-9(8-15)4-3-6-11(13)16/h1-7H,8H2. The van der Waals surface area contributed by atoms with Crippen LogP contribution < -0.4 is 4.74 Å². The van der Waals surface area contributed by atoms with Crippen LogP contribution in [-0.2, 0) is 5.88 Å². The number of para-hydroxylation sites is 2. The van der Waals surface area contributed by atoms with Crippen LogP contribution in [0.1, 0.15) is 5.56 Å². The van der Waals surface area contributed by atoms with Gasteiger partial charge in [0.25, 0.3) is 0 Å². The Morgan fingerprint density at radius 3 is 2.53 bits per heavy atom. The fourth-order valence-corrected chi connectivity index (χ4v) is 2.22. The molecule has 0 amide bonds. The SMILES string of the molecule is ClCc1cccc(Cl)c1Oc1ccccc1Br. The predicted octanol–water partition coefficient (Wildman–Crippen LogP) is 5.63. The van der Waals surface area contributed by atoms with E-state index < -0.39 is 0 Å². The smallest absolute Gasteiger partial charge is 0.150 e. The average molecular weight is 332 g/mol. The maximum Gasteiger partial charge on any atom is 0.150 e. The Morgan fingerprint density at radius 1 is 1.06 bits per heavy atom. The van der Waals surface area contributed by atoms with Gasteiger partial charge in [-0.25, -0.2) is 0 Å². The van der Waals surface area contributed by atoms with Crippen LogP contribution in [0, 0.1) is 0 Å². The van der Waals surface area contributed by atoms with E-state index in [9.17, 15) is 0 Å². The van der Waals surface area contributed by atoms with Crippen molar-refractivity contribution in [3.05, 3.63) is 57.5 Å². The quantitative estimate of drug-likeness (QED) is 0.662. The van der Waals surface area contributed by atoms with Crippen LogP contribution in [0.25, 0.3) is 0 Å². The molecule has 0 spiro atoms. The largest absolute Gasteiger partial charge is 0.454 e. The van der Waals surface area contributed by atoms with E-state index in [2.05, 4.69) is 15.9 Å². The van der Waals surface area contributed by atoms with E-state index in [0.29, 0.717) is 22.4 Å². The van der Waals surface area contributed by atoms with E-state index in [1.165, 1.54) is 0 Å². The van der Waals surface area contributed by atoms with E-state index >= 15 is 0 Å². The number of alkyl halides is 1. The Labute approximate surface area is 118 Å². The zero-order valence-corrected chi connectivity index (χ0v) is 11.9. The molecular formula is C13H9BrCl2O. The van der Waals surface area contributed by atoms with Crippen molar-refractivity contribution in [3.63, 3.8) is 0 Å². The molecule has 0 aliphatic carbocycles. The Kier molecular flexibility index (Phi) is 4.32. The fourth-order valence-electron chi connectivity index (χ4n) is 1.41. The van der Waals surface area contributed by atoms with Crippen LogP contribution >= 0.6 is 39.1 Å². The number of rotatable bonds is 3. The van der Waals surface area contributed by atoms with E-state index in [0.717, 1.165) is 10.0 Å². The van der Waals surface area contributed by atoms with Crippen LogP contribution in [0.2, 0.25) is 5.02 Å². The lowest BCUT2D eigenvalue weighted by Crippen LogP contribution is -1.91. The van der Waals surface area contributed by atoms with Crippen LogP contribution in [-0.4, -0.2) is 0 Å². The summed E-state index contributed by atoms with van der Waals surface area (Å²) in [5, 5.41) is 0.555. The molecule has 0 bridgehead atoms. The summed E-state index contributed by atoms with van der Waals surface area (Å²) in [5.74, 6) is 1.68. The number of hydrogen-bond acceptors (Lipinski definition) is 1. The summed E-state index contributed by atoms with van der Waals surface area (Å²) in [6, 6.07) is 13.1. The van der Waals surface area contributed by atoms with Gasteiger partial charge in [0, 0.05) is 5.56 Å². The molecule has 0 aromatic heterocycles. The first kappa shape index (κ1) is 12.7. The van der Waals surface area contributed by atoms with Gasteiger partial charge in [-0.3, -0.25) is 0 Å². The lowest BCUT2D eigenvalue weighted by molar-refractivity contribution is 0.475. The highest BCUT2D eigenvalue weighted by atomic mass is 79.9. The summed E-state index contributed by atoms with van der Waals surface area (Å²) in [7, 11) is 0. The lowest BCUT2D eigenvalue weighted by atomic mass is 10.2. The molecule has 0 unspecified atom stereocenters. The van der Waals surface area contributed by atoms with E-state index in [4.69, 9.17) is 27.9 Å². The maximum absolute atomic E-state index is 6.11. The van der Waals surface area contributed by atoms with Crippen molar-refractivity contribution in [1.82, 2.24) is 0 Å². The minimum atomic E-state index is 0.361. The Bertz CT molecular complexity index is 529. The summed E-state index contributed by atoms with van der Waals surface area (Å²) >= 11 is 15.4. The molecule has 0 saturated carbocycles. The van der Waals surface area contributed by atoms with Crippen molar-refractivity contribution in [3.8, 4) is 11.5 Å². The molecular weight excluding hydrogens is 323 g/mol. The van der Waals surface area contributed by atoms with Crippen molar-refractivity contribution in [2.45, 2.75) is 5.88 Å². The van der Waals surface area contributed by atoms with Gasteiger partial charge in [-0.05, 0) is 34.1 Å². The second kappa shape index (κ2) is 5.76. The van der Waals surface area contributed by atoms with E-state index in [1.807, 2.05) is 36.4 Å². The summed E-state index contributed by atoms with van der Waals surface area (Å²) in [4.78, 5) is 0. The first-order valence-corrected chi connectivity index (χ1v) is 6.68. The highest BCUT2D eigenvalue weighted by Crippen LogP contribution is 2.36. The molecule has 0 fully saturated rings. The molecule has 4 heteroatoms. The predicted molar refractivity (Wildman–Crippen MR) is 75.2 cm³/mol. The molecule has 0 radical (unpaired) electrons. The van der Waals surface area contributed by atoms with Crippen LogP contribution in [0.3, 0.4) is 0 Å². The first-order chi connectivity index (χ1) is 8.22. The molecule has 0 aliphatic heterocycles. The Morgan fingerprint density at radius 2 is 1.82 bits per heavy atom. The Balaban J connectivity index is 2.39. The Hall–Kier alpha value is -0.700. The molecule has 2 aromatic carbocycles. The molecule has 1 nitrogen and oxygen atoms in total. The van der Waals surface area contributed by atoms with E-state index in [1.54, 1.807) is 6.07 Å². The van der Waals surface area contributed by atoms with Crippen molar-refractivity contribution in [2.24, 2.45) is 0 Å². The van der Waals surface area contributed by atoms with E-state index in [-0.39, 0.29) is 0 Å². The monoisotopic (exact) mass is 330 g/mol. The average Bonchev–Trinajstić information content (AvgIpc) is 2.34. The summed E-state index contributed by atoms with van der Waals surface area (Å²) in [6.07, 6.45) is 0. The normalized spacial score (nSPS) is 10.3. The van der Waals surface area contributed by atoms with Crippen LogP contribution in [0.4, 0.5) is 0 Å². The van der Waals surface area contributed by atoms with Gasteiger partial charge in [-0.2, -0.15) is 0 Å². The number of halogens is 3. The molecule has 2 rings (SSSR count). The molecule has 0 aliphatic rings. The van der Waals surface area contributed by atoms with Crippen molar-refractivity contribution >= 4 is 39.1 Å². The lowest BCUT2D eigenvalue weighted by Gasteiger charge is -2.12. The van der Waals surface area contributed by atoms with Crippen LogP contribution in [0.5, 0.6) is 11.5 Å². The molecule has 0 heterocycles. The minimum Gasteiger partial charge on any atom is -0.454 e. The fraction of sp³-hybridized carbons (Fsp3) is 0.0769. The van der Waals surface area contributed by atoms with Crippen molar-refractivity contribution in [2.75, 3.05) is 0 Å². The zero-order valence-electron chi connectivity index (χ0n) is 8.79. The van der Waals surface area contributed by atoms with Gasteiger partial charge in [0.2, 0.25) is 0 Å². The molecule has 0 N–H and O–H groups in total. The highest BCUT2D eigenvalue weighted by molar-refractivity contribution is 9.10. The van der Waals surface area contributed by atoms with Gasteiger partial charge in [-0.1, -0.05) is 35.9 Å². The van der Waals surface area contributed by atoms with Crippen molar-refractivity contribution in [1.29, 1.82) is 0 Å². The van der Waals surface area contributed by atoms with Gasteiger partial charge < -0.3 is 4.74 Å². The number of hydrogen-bond donors (Lipinski definition) is 0. The third-order valence-corrected chi connectivity index (χ3v) is 3.48. The third kappa shape index (κ3) is 2.95. The summed E-state index contributed by atoms with van der Waals surface area (Å²) in [6.45, 7) is 0. The highest BCUT2D eigenvalue weighted by Gasteiger charge is 2.10. The molecule has 88 valence electrons. The second-order valence-corrected chi connectivity index (χ2v) is 4.92. The molecule has 17 heavy (non-hydrogen) atoms. The van der Waals surface area contributed by atoms with Crippen LogP contribution in [0.15, 0.2) is 46.9 Å². The van der Waals surface area contributed by atoms with Crippen molar-refractivity contribution < 1.29 is 4.74 Å². The minimum absolute atomic E-state index is 0.361. The third-order valence-electron chi connectivity index (χ3n) is 2.24. The van der Waals surface area contributed by atoms with Gasteiger partial charge >= 0.3 is 0 Å². The first-order valence-electron chi connectivity index (χ1n) is 4.98. The molecule has 0 saturated heterocycles. The second-order valence-electron chi connectivity index (χ2n) is 3.39.